The van der Waals surface area contributed by atoms with Crippen molar-refractivity contribution in [1.29, 1.82) is 5.26 Å². The van der Waals surface area contributed by atoms with Crippen LogP contribution in [-0.2, 0) is 0 Å². The van der Waals surface area contributed by atoms with Crippen LogP contribution in [0, 0.1) is 28.8 Å². The van der Waals surface area contributed by atoms with Crippen molar-refractivity contribution in [2.45, 2.75) is 0 Å². The van der Waals surface area contributed by atoms with Gasteiger partial charge in [-0.1, -0.05) is 6.07 Å². The Morgan fingerprint density at radius 3 is 2.52 bits per heavy atom. The fourth-order valence-corrected chi connectivity index (χ4v) is 2.26. The van der Waals surface area contributed by atoms with E-state index in [2.05, 4.69) is 15.6 Å². The molecule has 0 aliphatic heterocycles. The number of pyridine rings is 1. The molecule has 0 unspecified atom stereocenters. The van der Waals surface area contributed by atoms with Gasteiger partial charge in [0, 0.05) is 5.69 Å². The number of nitriles is 1. The molecule has 2 aromatic carbocycles. The Kier molecular flexibility index (Phi) is 5.04. The monoisotopic (exact) mass is 368 g/mol. The molecule has 1 amide bonds. The maximum Gasteiger partial charge on any atom is 0.258 e. The van der Waals surface area contributed by atoms with Crippen LogP contribution in [-0.4, -0.2) is 10.9 Å². The summed E-state index contributed by atoms with van der Waals surface area (Å²) in [5, 5.41) is 14.2. The Labute approximate surface area is 152 Å². The van der Waals surface area contributed by atoms with Crippen molar-refractivity contribution in [3.63, 3.8) is 0 Å². The average Bonchev–Trinajstić information content (AvgIpc) is 2.68. The molecule has 3 rings (SSSR count). The van der Waals surface area contributed by atoms with Crippen molar-refractivity contribution < 1.29 is 18.0 Å². The fourth-order valence-electron chi connectivity index (χ4n) is 2.26. The molecule has 5 nitrogen and oxygen atoms in total. The van der Waals surface area contributed by atoms with Gasteiger partial charge < -0.3 is 10.6 Å². The smallest absolute Gasteiger partial charge is 0.258 e. The SMILES string of the molecule is N#Cc1cccc(Nc2ccc(NC(=O)c3ccc(F)c(F)c3F)cn2)c1. The number of halogens is 3. The highest BCUT2D eigenvalue weighted by Crippen LogP contribution is 2.19. The van der Waals surface area contributed by atoms with E-state index in [0.717, 1.165) is 6.07 Å². The van der Waals surface area contributed by atoms with E-state index in [0.29, 0.717) is 23.1 Å². The molecule has 0 fully saturated rings. The molecule has 27 heavy (non-hydrogen) atoms. The summed E-state index contributed by atoms with van der Waals surface area (Å²) >= 11 is 0. The number of hydrogen-bond donors (Lipinski definition) is 2. The molecule has 0 atom stereocenters. The number of amides is 1. The van der Waals surface area contributed by atoms with Crippen molar-refractivity contribution in [3.05, 3.63) is 83.3 Å². The number of hydrogen-bond acceptors (Lipinski definition) is 4. The van der Waals surface area contributed by atoms with E-state index in [-0.39, 0.29) is 5.69 Å². The lowest BCUT2D eigenvalue weighted by Crippen LogP contribution is -2.15. The lowest BCUT2D eigenvalue weighted by Gasteiger charge is -2.09. The van der Waals surface area contributed by atoms with Gasteiger partial charge in [0.15, 0.2) is 17.5 Å². The van der Waals surface area contributed by atoms with E-state index < -0.39 is 28.9 Å². The Hall–Kier alpha value is -3.86. The van der Waals surface area contributed by atoms with Gasteiger partial charge in [-0.3, -0.25) is 4.79 Å². The quantitative estimate of drug-likeness (QED) is 0.671. The average molecular weight is 368 g/mol. The van der Waals surface area contributed by atoms with Gasteiger partial charge in [0.2, 0.25) is 0 Å². The molecule has 2 N–H and O–H groups in total. The number of anilines is 3. The molecule has 3 aromatic rings. The zero-order valence-corrected chi connectivity index (χ0v) is 13.6. The number of rotatable bonds is 4. The zero-order chi connectivity index (χ0) is 19.4. The van der Waals surface area contributed by atoms with Gasteiger partial charge >= 0.3 is 0 Å². The molecule has 8 heteroatoms. The molecule has 0 aliphatic rings. The summed E-state index contributed by atoms with van der Waals surface area (Å²) in [6.45, 7) is 0. The van der Waals surface area contributed by atoms with Gasteiger partial charge in [0.05, 0.1) is 29.1 Å². The summed E-state index contributed by atoms with van der Waals surface area (Å²) in [5.74, 6) is -5.13. The van der Waals surface area contributed by atoms with Crippen LogP contribution in [0.5, 0.6) is 0 Å². The highest BCUT2D eigenvalue weighted by atomic mass is 19.2. The van der Waals surface area contributed by atoms with Crippen molar-refractivity contribution in [3.8, 4) is 6.07 Å². The highest BCUT2D eigenvalue weighted by molar-refractivity contribution is 6.04. The van der Waals surface area contributed by atoms with Crippen LogP contribution >= 0.6 is 0 Å². The van der Waals surface area contributed by atoms with E-state index in [9.17, 15) is 18.0 Å². The number of carbonyl (C=O) groups excluding carboxylic acids is 1. The van der Waals surface area contributed by atoms with Gasteiger partial charge in [-0.05, 0) is 42.5 Å². The van der Waals surface area contributed by atoms with Crippen LogP contribution in [0.25, 0.3) is 0 Å². The molecule has 134 valence electrons. The topological polar surface area (TPSA) is 77.8 Å². The lowest BCUT2D eigenvalue weighted by molar-refractivity contribution is 0.102. The van der Waals surface area contributed by atoms with Gasteiger partial charge in [-0.25, -0.2) is 18.2 Å². The first-order valence-corrected chi connectivity index (χ1v) is 7.66. The van der Waals surface area contributed by atoms with Crippen LogP contribution < -0.4 is 10.6 Å². The van der Waals surface area contributed by atoms with E-state index in [4.69, 9.17) is 5.26 Å². The summed E-state index contributed by atoms with van der Waals surface area (Å²) in [6, 6.07) is 13.4. The molecule has 0 saturated heterocycles. The maximum atomic E-state index is 13.7. The second-order valence-corrected chi connectivity index (χ2v) is 5.43. The number of carbonyl (C=O) groups is 1. The van der Waals surface area contributed by atoms with Crippen LogP contribution in [0.15, 0.2) is 54.7 Å². The second-order valence-electron chi connectivity index (χ2n) is 5.43. The number of benzene rings is 2. The molecular weight excluding hydrogens is 357 g/mol. The third-order valence-electron chi connectivity index (χ3n) is 3.57. The molecular formula is C19H11F3N4O. The standard InChI is InChI=1S/C19H11F3N4O/c20-15-6-5-14(17(21)18(15)22)19(27)26-13-4-7-16(24-10-13)25-12-3-1-2-11(8-12)9-23/h1-8,10H,(H,24,25)(H,26,27). The van der Waals surface area contributed by atoms with Crippen molar-refractivity contribution >= 4 is 23.1 Å². The van der Waals surface area contributed by atoms with Gasteiger partial charge in [-0.15, -0.1) is 0 Å². The number of nitrogens with one attached hydrogen (secondary N) is 2. The number of nitrogens with zero attached hydrogens (tertiary/aromatic N) is 2. The molecule has 0 saturated carbocycles. The van der Waals surface area contributed by atoms with E-state index in [1.807, 2.05) is 6.07 Å². The Morgan fingerprint density at radius 1 is 1.00 bits per heavy atom. The first kappa shape index (κ1) is 17.9. The third-order valence-corrected chi connectivity index (χ3v) is 3.57. The molecule has 0 bridgehead atoms. The van der Waals surface area contributed by atoms with Crippen LogP contribution in [0.2, 0.25) is 0 Å². The van der Waals surface area contributed by atoms with E-state index in [1.165, 1.54) is 12.3 Å². The van der Waals surface area contributed by atoms with E-state index >= 15 is 0 Å². The largest absolute Gasteiger partial charge is 0.340 e. The first-order chi connectivity index (χ1) is 13.0. The maximum absolute atomic E-state index is 13.7. The van der Waals surface area contributed by atoms with Gasteiger partial charge in [0.25, 0.3) is 5.91 Å². The summed E-state index contributed by atoms with van der Waals surface area (Å²) in [6.07, 6.45) is 1.31. The predicted octanol–water partition coefficient (Wildman–Crippen LogP) is 4.37. The predicted molar refractivity (Wildman–Crippen MR) is 92.9 cm³/mol. The minimum atomic E-state index is -1.71. The summed E-state index contributed by atoms with van der Waals surface area (Å²) in [7, 11) is 0. The minimum Gasteiger partial charge on any atom is -0.340 e. The van der Waals surface area contributed by atoms with Crippen molar-refractivity contribution in [1.82, 2.24) is 4.98 Å². The summed E-state index contributed by atoms with van der Waals surface area (Å²) < 4.78 is 39.8. The second kappa shape index (κ2) is 7.58. The Morgan fingerprint density at radius 2 is 1.81 bits per heavy atom. The summed E-state index contributed by atoms with van der Waals surface area (Å²) in [4.78, 5) is 16.1. The highest BCUT2D eigenvalue weighted by Gasteiger charge is 2.18. The minimum absolute atomic E-state index is 0.237. The molecule has 1 heterocycles. The Bertz CT molecular complexity index is 1050. The van der Waals surface area contributed by atoms with Crippen molar-refractivity contribution in [2.24, 2.45) is 0 Å². The molecule has 0 aliphatic carbocycles. The normalized spacial score (nSPS) is 10.1. The lowest BCUT2D eigenvalue weighted by atomic mass is 10.2. The fraction of sp³-hybridized carbons (Fsp3) is 0. The van der Waals surface area contributed by atoms with Gasteiger partial charge in [-0.2, -0.15) is 5.26 Å². The zero-order valence-electron chi connectivity index (χ0n) is 13.6. The van der Waals surface area contributed by atoms with Crippen LogP contribution in [0.4, 0.5) is 30.4 Å². The molecule has 0 spiro atoms. The van der Waals surface area contributed by atoms with Crippen LogP contribution in [0.3, 0.4) is 0 Å². The number of aromatic nitrogens is 1. The van der Waals surface area contributed by atoms with Crippen LogP contribution in [0.1, 0.15) is 15.9 Å². The third kappa shape index (κ3) is 4.04. The molecule has 0 radical (unpaired) electrons. The Balaban J connectivity index is 1.71. The van der Waals surface area contributed by atoms with E-state index in [1.54, 1.807) is 30.3 Å². The van der Waals surface area contributed by atoms with Gasteiger partial charge in [0.1, 0.15) is 5.82 Å². The summed E-state index contributed by atoms with van der Waals surface area (Å²) in [5.41, 5.74) is 0.754. The first-order valence-electron chi connectivity index (χ1n) is 7.66. The van der Waals surface area contributed by atoms with Crippen molar-refractivity contribution in [2.75, 3.05) is 10.6 Å². The molecule has 1 aromatic heterocycles.